The Morgan fingerprint density at radius 3 is 1.97 bits per heavy atom. The third-order valence-electron chi connectivity index (χ3n) is 6.68. The molecule has 1 saturated heterocycles. The normalized spacial score (nSPS) is 17.4. The van der Waals surface area contributed by atoms with E-state index in [1.165, 1.54) is 16.7 Å². The number of anilines is 2. The summed E-state index contributed by atoms with van der Waals surface area (Å²) in [6.45, 7) is 15.1. The fourth-order valence-electron chi connectivity index (χ4n) is 3.87. The van der Waals surface area contributed by atoms with Gasteiger partial charge in [-0.1, -0.05) is 75.4 Å². The Bertz CT molecular complexity index is 1080. The van der Waals surface area contributed by atoms with Gasteiger partial charge in [-0.15, -0.1) is 0 Å². The van der Waals surface area contributed by atoms with Gasteiger partial charge in [0, 0.05) is 16.8 Å². The summed E-state index contributed by atoms with van der Waals surface area (Å²) in [6, 6.07) is 25.5. The molecular weight excluding hydrogens is 393 g/mol. The first-order valence-electron chi connectivity index (χ1n) is 11.4. The van der Waals surface area contributed by atoms with E-state index in [4.69, 9.17) is 9.31 Å². The summed E-state index contributed by atoms with van der Waals surface area (Å²) in [5.41, 5.74) is 5.98. The van der Waals surface area contributed by atoms with Crippen molar-refractivity contribution in [2.45, 2.75) is 65.1 Å². The lowest BCUT2D eigenvalue weighted by molar-refractivity contribution is 0.00578. The highest BCUT2D eigenvalue weighted by Gasteiger charge is 2.52. The Labute approximate surface area is 193 Å². The molecule has 0 bridgehead atoms. The fourth-order valence-corrected chi connectivity index (χ4v) is 3.87. The van der Waals surface area contributed by atoms with Crippen molar-refractivity contribution in [3.63, 3.8) is 0 Å². The predicted octanol–water partition coefficient (Wildman–Crippen LogP) is 6.69. The van der Waals surface area contributed by atoms with Gasteiger partial charge in [0.1, 0.15) is 0 Å². The third kappa shape index (κ3) is 4.48. The smallest absolute Gasteiger partial charge is 0.399 e. The van der Waals surface area contributed by atoms with E-state index in [-0.39, 0.29) is 16.6 Å². The van der Waals surface area contributed by atoms with E-state index in [0.717, 1.165) is 16.8 Å². The van der Waals surface area contributed by atoms with Gasteiger partial charge in [0.05, 0.1) is 11.2 Å². The van der Waals surface area contributed by atoms with Crippen molar-refractivity contribution < 1.29 is 9.31 Å². The maximum Gasteiger partial charge on any atom is 0.496 e. The van der Waals surface area contributed by atoms with Gasteiger partial charge in [0.25, 0.3) is 0 Å². The minimum Gasteiger partial charge on any atom is -0.399 e. The van der Waals surface area contributed by atoms with Crippen molar-refractivity contribution in [2.24, 2.45) is 0 Å². The van der Waals surface area contributed by atoms with Crippen molar-refractivity contribution in [2.75, 3.05) is 5.32 Å². The zero-order valence-corrected chi connectivity index (χ0v) is 20.3. The highest BCUT2D eigenvalue weighted by Crippen LogP contribution is 2.38. The summed E-state index contributed by atoms with van der Waals surface area (Å²) < 4.78 is 12.8. The maximum atomic E-state index is 6.38. The summed E-state index contributed by atoms with van der Waals surface area (Å²) in [5, 5.41) is 3.67. The van der Waals surface area contributed by atoms with E-state index in [0.29, 0.717) is 0 Å². The highest BCUT2D eigenvalue weighted by atomic mass is 16.7. The second-order valence-corrected chi connectivity index (χ2v) is 10.7. The zero-order chi connectivity index (χ0) is 23.1. The molecule has 1 fully saturated rings. The molecule has 1 heterocycles. The molecule has 1 aliphatic heterocycles. The largest absolute Gasteiger partial charge is 0.496 e. The topological polar surface area (TPSA) is 30.5 Å². The number of nitrogens with one attached hydrogen (secondary N) is 1. The van der Waals surface area contributed by atoms with Crippen LogP contribution in [-0.2, 0) is 14.7 Å². The third-order valence-corrected chi connectivity index (χ3v) is 6.68. The van der Waals surface area contributed by atoms with Crippen molar-refractivity contribution in [3.8, 4) is 11.1 Å². The molecule has 4 rings (SSSR count). The molecule has 3 aromatic rings. The Morgan fingerprint density at radius 2 is 1.34 bits per heavy atom. The first kappa shape index (κ1) is 22.6. The van der Waals surface area contributed by atoms with Crippen LogP contribution in [0, 0.1) is 0 Å². The lowest BCUT2D eigenvalue weighted by Crippen LogP contribution is -2.41. The maximum absolute atomic E-state index is 6.38. The molecule has 32 heavy (non-hydrogen) atoms. The van der Waals surface area contributed by atoms with E-state index in [1.54, 1.807) is 0 Å². The van der Waals surface area contributed by atoms with Gasteiger partial charge in [-0.3, -0.25) is 0 Å². The summed E-state index contributed by atoms with van der Waals surface area (Å²) >= 11 is 0. The number of benzene rings is 3. The minimum atomic E-state index is -0.422. The van der Waals surface area contributed by atoms with Gasteiger partial charge in [-0.25, -0.2) is 0 Å². The first-order chi connectivity index (χ1) is 15.0. The van der Waals surface area contributed by atoms with Gasteiger partial charge in [-0.2, -0.15) is 0 Å². The molecule has 1 N–H and O–H groups in total. The van der Waals surface area contributed by atoms with Crippen LogP contribution in [0.15, 0.2) is 72.8 Å². The molecule has 0 amide bonds. The van der Waals surface area contributed by atoms with Crippen LogP contribution in [0.4, 0.5) is 11.4 Å². The van der Waals surface area contributed by atoms with Crippen LogP contribution in [0.3, 0.4) is 0 Å². The van der Waals surface area contributed by atoms with Crippen LogP contribution in [0.5, 0.6) is 0 Å². The van der Waals surface area contributed by atoms with Crippen molar-refractivity contribution in [1.82, 2.24) is 0 Å². The van der Waals surface area contributed by atoms with Crippen molar-refractivity contribution in [1.29, 1.82) is 0 Å². The summed E-state index contributed by atoms with van der Waals surface area (Å²) in [7, 11) is -0.422. The SMILES string of the molecule is CC(C)(C)c1ccc(B2OC(C)(C)C(C)(C)O2)c(Nc2cccc(-c3ccccc3)c2)c1. The average molecular weight is 427 g/mol. The van der Waals surface area contributed by atoms with Gasteiger partial charge >= 0.3 is 7.12 Å². The minimum absolute atomic E-state index is 0.0385. The van der Waals surface area contributed by atoms with Crippen LogP contribution in [0.1, 0.15) is 54.0 Å². The Kier molecular flexibility index (Phi) is 5.73. The average Bonchev–Trinajstić information content (AvgIpc) is 2.95. The summed E-state index contributed by atoms with van der Waals surface area (Å²) in [4.78, 5) is 0. The standard InChI is InChI=1S/C28H34BNO2/c1-26(2,3)22-16-17-24(29-31-27(4,5)28(6,7)32-29)25(19-22)30-23-15-11-14-21(18-23)20-12-9-8-10-13-20/h8-19,30H,1-7H3. The summed E-state index contributed by atoms with van der Waals surface area (Å²) in [6.07, 6.45) is 0. The van der Waals surface area contributed by atoms with E-state index in [2.05, 4.69) is 121 Å². The number of rotatable bonds is 4. The molecule has 3 aromatic carbocycles. The zero-order valence-electron chi connectivity index (χ0n) is 20.3. The Balaban J connectivity index is 1.73. The van der Waals surface area contributed by atoms with E-state index < -0.39 is 7.12 Å². The summed E-state index contributed by atoms with van der Waals surface area (Å²) in [5.74, 6) is 0. The molecule has 0 aromatic heterocycles. The number of hydrogen-bond acceptors (Lipinski definition) is 3. The fraction of sp³-hybridized carbons (Fsp3) is 0.357. The van der Waals surface area contributed by atoms with Gasteiger partial charge < -0.3 is 14.6 Å². The van der Waals surface area contributed by atoms with E-state index in [9.17, 15) is 0 Å². The van der Waals surface area contributed by atoms with Gasteiger partial charge in [0.2, 0.25) is 0 Å². The molecule has 0 radical (unpaired) electrons. The van der Waals surface area contributed by atoms with Crippen molar-refractivity contribution >= 4 is 24.0 Å². The molecule has 0 spiro atoms. The molecule has 166 valence electrons. The molecular formula is C28H34BNO2. The van der Waals surface area contributed by atoms with Gasteiger partial charge in [-0.05, 0) is 68.0 Å². The predicted molar refractivity (Wildman–Crippen MR) is 136 cm³/mol. The molecule has 0 atom stereocenters. The van der Waals surface area contributed by atoms with E-state index in [1.807, 2.05) is 6.07 Å². The first-order valence-corrected chi connectivity index (χ1v) is 11.4. The molecule has 0 unspecified atom stereocenters. The van der Waals surface area contributed by atoms with Crippen LogP contribution in [0.2, 0.25) is 0 Å². The lowest BCUT2D eigenvalue weighted by atomic mass is 9.75. The number of hydrogen-bond donors (Lipinski definition) is 1. The quantitative estimate of drug-likeness (QED) is 0.471. The van der Waals surface area contributed by atoms with E-state index >= 15 is 0 Å². The molecule has 3 nitrogen and oxygen atoms in total. The Morgan fingerprint density at radius 1 is 0.719 bits per heavy atom. The second kappa shape index (κ2) is 8.10. The molecule has 1 aliphatic rings. The van der Waals surface area contributed by atoms with Gasteiger partial charge in [0.15, 0.2) is 0 Å². The lowest BCUT2D eigenvalue weighted by Gasteiger charge is -2.32. The van der Waals surface area contributed by atoms with Crippen molar-refractivity contribution in [3.05, 3.63) is 78.4 Å². The molecule has 0 saturated carbocycles. The van der Waals surface area contributed by atoms with Crippen LogP contribution in [-0.4, -0.2) is 18.3 Å². The van der Waals surface area contributed by atoms with Crippen LogP contribution < -0.4 is 10.8 Å². The molecule has 0 aliphatic carbocycles. The second-order valence-electron chi connectivity index (χ2n) is 10.7. The van der Waals surface area contributed by atoms with Crippen LogP contribution >= 0.6 is 0 Å². The van der Waals surface area contributed by atoms with Crippen LogP contribution in [0.25, 0.3) is 11.1 Å². The highest BCUT2D eigenvalue weighted by molar-refractivity contribution is 6.64. The molecule has 4 heteroatoms. The Hall–Kier alpha value is -2.56. The monoisotopic (exact) mass is 427 g/mol.